The molecular weight excluding hydrogens is 293 g/mol. The van der Waals surface area contributed by atoms with Crippen molar-refractivity contribution >= 4 is 22.4 Å². The molecule has 20 heavy (non-hydrogen) atoms. The first kappa shape index (κ1) is 15.1. The fraction of sp³-hybridized carbons (Fsp3) is 0.667. The van der Waals surface area contributed by atoms with Crippen molar-refractivity contribution in [3.8, 4) is 0 Å². The summed E-state index contributed by atoms with van der Waals surface area (Å²) in [6, 6.07) is -0.0850. The topological polar surface area (TPSA) is 42.4 Å². The van der Waals surface area contributed by atoms with Crippen molar-refractivity contribution in [3.63, 3.8) is 0 Å². The minimum Gasteiger partial charge on any atom is -0.466 e. The second kappa shape index (κ2) is 5.99. The zero-order valence-electron chi connectivity index (χ0n) is 10.9. The van der Waals surface area contributed by atoms with Gasteiger partial charge in [0.2, 0.25) is 0 Å². The third-order valence-electron chi connectivity index (χ3n) is 2.75. The summed E-state index contributed by atoms with van der Waals surface area (Å²) < 4.78 is 42.5. The summed E-state index contributed by atoms with van der Waals surface area (Å²) in [5.41, 5.74) is 0.455. The molecule has 1 aliphatic rings. The quantitative estimate of drug-likeness (QED) is 0.758. The highest BCUT2D eigenvalue weighted by Crippen LogP contribution is 2.35. The predicted molar refractivity (Wildman–Crippen MR) is 68.9 cm³/mol. The first-order valence-corrected chi connectivity index (χ1v) is 7.20. The summed E-state index contributed by atoms with van der Waals surface area (Å²) >= 11 is 1.13. The standard InChI is InChI=1S/C12H15F3N2O2S/c1-2-19-10(18)5-8-6-20-11(16-8)17(9-3-4-9)7-12(13,14)15/h6,9H,2-5,7H2,1H3. The van der Waals surface area contributed by atoms with E-state index in [1.165, 1.54) is 4.90 Å². The van der Waals surface area contributed by atoms with Gasteiger partial charge in [-0.1, -0.05) is 0 Å². The number of nitrogens with zero attached hydrogens (tertiary/aromatic N) is 2. The fourth-order valence-electron chi connectivity index (χ4n) is 1.80. The van der Waals surface area contributed by atoms with E-state index >= 15 is 0 Å². The van der Waals surface area contributed by atoms with Crippen LogP contribution in [0.3, 0.4) is 0 Å². The van der Waals surface area contributed by atoms with Gasteiger partial charge in [-0.3, -0.25) is 4.79 Å². The minimum atomic E-state index is -4.25. The van der Waals surface area contributed by atoms with Gasteiger partial charge in [-0.15, -0.1) is 11.3 Å². The molecule has 0 N–H and O–H groups in total. The summed E-state index contributed by atoms with van der Waals surface area (Å²) in [4.78, 5) is 16.7. The van der Waals surface area contributed by atoms with E-state index in [0.717, 1.165) is 24.2 Å². The normalized spacial score (nSPS) is 15.2. The van der Waals surface area contributed by atoms with Crippen molar-refractivity contribution in [3.05, 3.63) is 11.1 Å². The van der Waals surface area contributed by atoms with Crippen LogP contribution in [-0.4, -0.2) is 36.3 Å². The van der Waals surface area contributed by atoms with Gasteiger partial charge in [-0.05, 0) is 19.8 Å². The molecule has 0 aliphatic heterocycles. The Bertz CT molecular complexity index is 472. The van der Waals surface area contributed by atoms with Crippen LogP contribution in [0.1, 0.15) is 25.5 Å². The summed E-state index contributed by atoms with van der Waals surface area (Å²) in [6.07, 6.45) is -2.75. The number of hydrogen-bond acceptors (Lipinski definition) is 5. The largest absolute Gasteiger partial charge is 0.466 e. The molecule has 0 spiro atoms. The molecule has 1 heterocycles. The lowest BCUT2D eigenvalue weighted by Crippen LogP contribution is -2.35. The first-order valence-electron chi connectivity index (χ1n) is 6.32. The molecule has 1 aliphatic carbocycles. The smallest absolute Gasteiger partial charge is 0.406 e. The van der Waals surface area contributed by atoms with Gasteiger partial charge in [0.1, 0.15) is 6.54 Å². The molecule has 4 nitrogen and oxygen atoms in total. The molecule has 1 fully saturated rings. The number of aromatic nitrogens is 1. The van der Waals surface area contributed by atoms with Crippen LogP contribution in [-0.2, 0) is 16.0 Å². The van der Waals surface area contributed by atoms with Gasteiger partial charge in [-0.2, -0.15) is 13.2 Å². The van der Waals surface area contributed by atoms with Crippen molar-refractivity contribution in [2.24, 2.45) is 0 Å². The molecule has 1 aromatic rings. The molecule has 0 aromatic carbocycles. The van der Waals surface area contributed by atoms with Crippen molar-refractivity contribution in [2.75, 3.05) is 18.1 Å². The van der Waals surface area contributed by atoms with Crippen molar-refractivity contribution in [1.82, 2.24) is 4.98 Å². The average molecular weight is 308 g/mol. The summed E-state index contributed by atoms with van der Waals surface area (Å²) in [6.45, 7) is 0.977. The van der Waals surface area contributed by atoms with E-state index in [2.05, 4.69) is 4.98 Å². The molecule has 0 saturated heterocycles. The molecule has 0 unspecified atom stereocenters. The number of anilines is 1. The SMILES string of the molecule is CCOC(=O)Cc1csc(N(CC(F)(F)F)C2CC2)n1. The number of hydrogen-bond donors (Lipinski definition) is 0. The third-order valence-corrected chi connectivity index (χ3v) is 3.68. The number of carbonyl (C=O) groups is 1. The Labute approximate surface area is 118 Å². The third kappa shape index (κ3) is 4.36. The lowest BCUT2D eigenvalue weighted by Gasteiger charge is -2.22. The van der Waals surface area contributed by atoms with Gasteiger partial charge >= 0.3 is 12.1 Å². The lowest BCUT2D eigenvalue weighted by molar-refractivity contribution is -0.142. The van der Waals surface area contributed by atoms with E-state index in [1.807, 2.05) is 0 Å². The van der Waals surface area contributed by atoms with Crippen molar-refractivity contribution in [2.45, 2.75) is 38.4 Å². The molecule has 0 radical (unpaired) electrons. The summed E-state index contributed by atoms with van der Waals surface area (Å²) in [5.74, 6) is -0.418. The van der Waals surface area contributed by atoms with E-state index in [9.17, 15) is 18.0 Å². The van der Waals surface area contributed by atoms with Crippen LogP contribution in [0.15, 0.2) is 5.38 Å². The highest BCUT2D eigenvalue weighted by Gasteiger charge is 2.39. The Morgan fingerprint density at radius 1 is 1.55 bits per heavy atom. The van der Waals surface area contributed by atoms with Gasteiger partial charge in [0.15, 0.2) is 5.13 Å². The maximum absolute atomic E-state index is 12.6. The number of alkyl halides is 3. The maximum Gasteiger partial charge on any atom is 0.406 e. The van der Waals surface area contributed by atoms with Crippen LogP contribution in [0.2, 0.25) is 0 Å². The van der Waals surface area contributed by atoms with E-state index in [-0.39, 0.29) is 19.1 Å². The van der Waals surface area contributed by atoms with E-state index in [4.69, 9.17) is 4.74 Å². The van der Waals surface area contributed by atoms with E-state index in [0.29, 0.717) is 10.8 Å². The monoisotopic (exact) mass is 308 g/mol. The van der Waals surface area contributed by atoms with Crippen LogP contribution >= 0.6 is 11.3 Å². The van der Waals surface area contributed by atoms with E-state index < -0.39 is 18.7 Å². The zero-order valence-corrected chi connectivity index (χ0v) is 11.8. The maximum atomic E-state index is 12.6. The summed E-state index contributed by atoms with van der Waals surface area (Å²) in [7, 11) is 0. The van der Waals surface area contributed by atoms with Crippen molar-refractivity contribution in [1.29, 1.82) is 0 Å². The van der Waals surface area contributed by atoms with Crippen LogP contribution in [0.5, 0.6) is 0 Å². The summed E-state index contributed by atoms with van der Waals surface area (Å²) in [5, 5.41) is 1.93. The molecule has 8 heteroatoms. The fourth-order valence-corrected chi connectivity index (χ4v) is 2.70. The Balaban J connectivity index is 2.03. The number of carbonyl (C=O) groups excluding carboxylic acids is 1. The Kier molecular flexibility index (Phi) is 4.52. The van der Waals surface area contributed by atoms with Gasteiger partial charge in [0.25, 0.3) is 0 Å². The molecule has 0 atom stereocenters. The molecule has 1 saturated carbocycles. The van der Waals surface area contributed by atoms with Gasteiger partial charge in [0.05, 0.1) is 18.7 Å². The van der Waals surface area contributed by atoms with Crippen LogP contribution in [0.4, 0.5) is 18.3 Å². The lowest BCUT2D eigenvalue weighted by atomic mass is 10.3. The number of thiazole rings is 1. The average Bonchev–Trinajstić information content (AvgIpc) is 3.06. The van der Waals surface area contributed by atoms with Gasteiger partial charge in [-0.25, -0.2) is 4.98 Å². The number of rotatable bonds is 6. The van der Waals surface area contributed by atoms with Crippen molar-refractivity contribution < 1.29 is 22.7 Å². The highest BCUT2D eigenvalue weighted by atomic mass is 32.1. The van der Waals surface area contributed by atoms with Gasteiger partial charge < -0.3 is 9.64 Å². The molecule has 0 amide bonds. The molecule has 2 rings (SSSR count). The number of ether oxygens (including phenoxy) is 1. The van der Waals surface area contributed by atoms with E-state index in [1.54, 1.807) is 12.3 Å². The minimum absolute atomic E-state index is 0.00509. The van der Waals surface area contributed by atoms with Crippen LogP contribution in [0, 0.1) is 0 Å². The Morgan fingerprint density at radius 3 is 2.80 bits per heavy atom. The Hall–Kier alpha value is -1.31. The number of halogens is 3. The van der Waals surface area contributed by atoms with Crippen LogP contribution < -0.4 is 4.90 Å². The zero-order chi connectivity index (χ0) is 14.8. The first-order chi connectivity index (χ1) is 9.39. The second-order valence-electron chi connectivity index (χ2n) is 4.58. The molecular formula is C12H15F3N2O2S. The van der Waals surface area contributed by atoms with Crippen LogP contribution in [0.25, 0.3) is 0 Å². The molecule has 0 bridgehead atoms. The molecule has 1 aromatic heterocycles. The second-order valence-corrected chi connectivity index (χ2v) is 5.41. The Morgan fingerprint density at radius 2 is 2.25 bits per heavy atom. The highest BCUT2D eigenvalue weighted by molar-refractivity contribution is 7.13. The molecule has 112 valence electrons. The number of esters is 1. The predicted octanol–water partition coefficient (Wildman–Crippen LogP) is 2.78. The van der Waals surface area contributed by atoms with Gasteiger partial charge in [0, 0.05) is 11.4 Å².